The first-order valence-electron chi connectivity index (χ1n) is 4.78. The summed E-state index contributed by atoms with van der Waals surface area (Å²) in [5, 5.41) is 3.20. The first-order valence-corrected chi connectivity index (χ1v) is 5.57. The number of nitrogens with one attached hydrogen (secondary N) is 1. The molecule has 0 aromatic heterocycles. The van der Waals surface area contributed by atoms with Crippen LogP contribution in [-0.2, 0) is 0 Å². The molecule has 3 heteroatoms. The lowest BCUT2D eigenvalue weighted by atomic mass is 10.1. The van der Waals surface area contributed by atoms with Crippen molar-refractivity contribution in [3.8, 4) is 5.75 Å². The summed E-state index contributed by atoms with van der Waals surface area (Å²) in [5.74, 6) is 0.948. The molecule has 0 radical (unpaired) electrons. The quantitative estimate of drug-likeness (QED) is 0.895. The molecule has 0 saturated carbocycles. The van der Waals surface area contributed by atoms with E-state index in [-0.39, 0.29) is 0 Å². The van der Waals surface area contributed by atoms with Crippen molar-refractivity contribution in [2.45, 2.75) is 19.9 Å². The van der Waals surface area contributed by atoms with Gasteiger partial charge in [0.05, 0.1) is 6.61 Å². The normalized spacial score (nSPS) is 12.6. The van der Waals surface area contributed by atoms with Gasteiger partial charge in [-0.3, -0.25) is 0 Å². The van der Waals surface area contributed by atoms with E-state index in [1.165, 1.54) is 5.56 Å². The van der Waals surface area contributed by atoms with Crippen LogP contribution < -0.4 is 10.1 Å². The molecule has 0 saturated heterocycles. The van der Waals surface area contributed by atoms with Crippen LogP contribution in [0.15, 0.2) is 22.7 Å². The van der Waals surface area contributed by atoms with Gasteiger partial charge in [0.25, 0.3) is 0 Å². The van der Waals surface area contributed by atoms with Gasteiger partial charge in [-0.2, -0.15) is 0 Å². The van der Waals surface area contributed by atoms with Gasteiger partial charge in [-0.15, -0.1) is 0 Å². The molecule has 0 aliphatic rings. The van der Waals surface area contributed by atoms with E-state index in [9.17, 15) is 0 Å². The molecule has 0 amide bonds. The Morgan fingerprint density at radius 3 is 2.79 bits per heavy atom. The van der Waals surface area contributed by atoms with Gasteiger partial charge in [0.15, 0.2) is 0 Å². The molecule has 0 heterocycles. The van der Waals surface area contributed by atoms with Crippen molar-refractivity contribution in [2.24, 2.45) is 0 Å². The second-order valence-corrected chi connectivity index (χ2v) is 4.04. The van der Waals surface area contributed by atoms with Crippen LogP contribution in [0.25, 0.3) is 0 Å². The molecule has 1 N–H and O–H groups in total. The molecule has 14 heavy (non-hydrogen) atoms. The highest BCUT2D eigenvalue weighted by molar-refractivity contribution is 9.10. The fraction of sp³-hybridized carbons (Fsp3) is 0.455. The summed E-state index contributed by atoms with van der Waals surface area (Å²) < 4.78 is 6.62. The maximum atomic E-state index is 5.57. The van der Waals surface area contributed by atoms with Crippen molar-refractivity contribution >= 4 is 15.9 Å². The smallest absolute Gasteiger partial charge is 0.125 e. The van der Waals surface area contributed by atoms with Gasteiger partial charge < -0.3 is 10.1 Å². The van der Waals surface area contributed by atoms with Crippen LogP contribution in [0, 0.1) is 0 Å². The molecule has 1 rings (SSSR count). The monoisotopic (exact) mass is 257 g/mol. The average molecular weight is 258 g/mol. The Bertz CT molecular complexity index is 301. The Balaban J connectivity index is 3.01. The summed E-state index contributed by atoms with van der Waals surface area (Å²) in [7, 11) is 1.95. The van der Waals surface area contributed by atoms with Crippen LogP contribution in [0.1, 0.15) is 25.5 Å². The van der Waals surface area contributed by atoms with Gasteiger partial charge >= 0.3 is 0 Å². The molecule has 0 aliphatic carbocycles. The van der Waals surface area contributed by atoms with Crippen LogP contribution >= 0.6 is 15.9 Å². The van der Waals surface area contributed by atoms with Gasteiger partial charge in [0, 0.05) is 16.1 Å². The molecular formula is C11H16BrNO. The second-order valence-electron chi connectivity index (χ2n) is 3.13. The second kappa shape index (κ2) is 5.37. The van der Waals surface area contributed by atoms with E-state index in [1.807, 2.05) is 26.1 Å². The Morgan fingerprint density at radius 1 is 1.50 bits per heavy atom. The number of hydrogen-bond acceptors (Lipinski definition) is 2. The molecule has 0 spiro atoms. The summed E-state index contributed by atoms with van der Waals surface area (Å²) >= 11 is 3.44. The predicted octanol–water partition coefficient (Wildman–Crippen LogP) is 3.13. The number of halogens is 1. The molecular weight excluding hydrogens is 242 g/mol. The Hall–Kier alpha value is -0.540. The highest BCUT2D eigenvalue weighted by atomic mass is 79.9. The van der Waals surface area contributed by atoms with Crippen LogP contribution in [0.5, 0.6) is 5.75 Å². The number of rotatable bonds is 4. The van der Waals surface area contributed by atoms with Crippen molar-refractivity contribution in [3.63, 3.8) is 0 Å². The molecule has 0 fully saturated rings. The number of benzene rings is 1. The molecule has 1 aromatic carbocycles. The average Bonchev–Trinajstić information content (AvgIpc) is 2.17. The number of hydrogen-bond donors (Lipinski definition) is 1. The molecule has 0 bridgehead atoms. The van der Waals surface area contributed by atoms with Gasteiger partial charge in [-0.1, -0.05) is 22.0 Å². The topological polar surface area (TPSA) is 21.3 Å². The summed E-state index contributed by atoms with van der Waals surface area (Å²) in [6.07, 6.45) is 0. The minimum absolute atomic E-state index is 0.310. The van der Waals surface area contributed by atoms with E-state index in [1.54, 1.807) is 0 Å². The molecule has 1 aromatic rings. The Kier molecular flexibility index (Phi) is 4.42. The third-order valence-corrected chi connectivity index (χ3v) is 2.67. The van der Waals surface area contributed by atoms with E-state index in [2.05, 4.69) is 34.2 Å². The Labute approximate surface area is 93.8 Å². The van der Waals surface area contributed by atoms with E-state index >= 15 is 0 Å². The Morgan fingerprint density at radius 2 is 2.21 bits per heavy atom. The fourth-order valence-corrected chi connectivity index (χ4v) is 1.64. The predicted molar refractivity (Wildman–Crippen MR) is 62.8 cm³/mol. The van der Waals surface area contributed by atoms with Crippen molar-refractivity contribution in [3.05, 3.63) is 28.2 Å². The van der Waals surface area contributed by atoms with Crippen LogP contribution in [0.3, 0.4) is 0 Å². The van der Waals surface area contributed by atoms with Gasteiger partial charge in [-0.25, -0.2) is 0 Å². The van der Waals surface area contributed by atoms with Crippen molar-refractivity contribution < 1.29 is 4.74 Å². The lowest BCUT2D eigenvalue weighted by Crippen LogP contribution is -2.13. The minimum atomic E-state index is 0.310. The van der Waals surface area contributed by atoms with Crippen LogP contribution in [0.2, 0.25) is 0 Å². The van der Waals surface area contributed by atoms with E-state index in [0.717, 1.165) is 10.2 Å². The maximum absolute atomic E-state index is 5.57. The van der Waals surface area contributed by atoms with Crippen LogP contribution in [0.4, 0.5) is 0 Å². The summed E-state index contributed by atoms with van der Waals surface area (Å²) in [6.45, 7) is 4.81. The zero-order chi connectivity index (χ0) is 10.6. The number of ether oxygens (including phenoxy) is 1. The zero-order valence-electron chi connectivity index (χ0n) is 8.80. The van der Waals surface area contributed by atoms with Crippen LogP contribution in [-0.4, -0.2) is 13.7 Å². The molecule has 78 valence electrons. The largest absolute Gasteiger partial charge is 0.493 e. The summed E-state index contributed by atoms with van der Waals surface area (Å²) in [6, 6.07) is 6.43. The third-order valence-electron chi connectivity index (χ3n) is 2.17. The van der Waals surface area contributed by atoms with E-state index in [4.69, 9.17) is 4.74 Å². The summed E-state index contributed by atoms with van der Waals surface area (Å²) in [4.78, 5) is 0. The van der Waals surface area contributed by atoms with Crippen molar-refractivity contribution in [1.29, 1.82) is 0 Å². The highest BCUT2D eigenvalue weighted by Gasteiger charge is 2.09. The first-order chi connectivity index (χ1) is 6.69. The van der Waals surface area contributed by atoms with Crippen molar-refractivity contribution in [2.75, 3.05) is 13.7 Å². The van der Waals surface area contributed by atoms with Gasteiger partial charge in [-0.05, 0) is 33.0 Å². The summed E-state index contributed by atoms with van der Waals surface area (Å²) in [5.41, 5.74) is 1.19. The van der Waals surface area contributed by atoms with Gasteiger partial charge in [0.1, 0.15) is 5.75 Å². The fourth-order valence-electron chi connectivity index (χ4n) is 1.30. The molecule has 1 unspecified atom stereocenters. The van der Waals surface area contributed by atoms with E-state index < -0.39 is 0 Å². The van der Waals surface area contributed by atoms with Gasteiger partial charge in [0.2, 0.25) is 0 Å². The lowest BCUT2D eigenvalue weighted by Gasteiger charge is -2.16. The first kappa shape index (κ1) is 11.5. The third kappa shape index (κ3) is 2.72. The standard InChI is InChI=1S/C11H16BrNO/c1-4-14-11-7-9(12)5-6-10(11)8(2)13-3/h5-8,13H,4H2,1-3H3. The highest BCUT2D eigenvalue weighted by Crippen LogP contribution is 2.28. The van der Waals surface area contributed by atoms with Crippen molar-refractivity contribution in [1.82, 2.24) is 5.32 Å². The maximum Gasteiger partial charge on any atom is 0.125 e. The molecule has 0 aliphatic heterocycles. The zero-order valence-corrected chi connectivity index (χ0v) is 10.4. The van der Waals surface area contributed by atoms with E-state index in [0.29, 0.717) is 12.6 Å². The lowest BCUT2D eigenvalue weighted by molar-refractivity contribution is 0.333. The molecule has 1 atom stereocenters. The minimum Gasteiger partial charge on any atom is -0.493 e. The molecule has 2 nitrogen and oxygen atoms in total. The SMILES string of the molecule is CCOc1cc(Br)ccc1C(C)NC.